The zero-order valence-electron chi connectivity index (χ0n) is 9.07. The highest BCUT2D eigenvalue weighted by Crippen LogP contribution is 2.20. The van der Waals surface area contributed by atoms with Crippen LogP contribution >= 0.6 is 0 Å². The molecule has 0 aromatic heterocycles. The summed E-state index contributed by atoms with van der Waals surface area (Å²) in [5.74, 6) is 0.506. The van der Waals surface area contributed by atoms with Crippen molar-refractivity contribution in [2.45, 2.75) is 19.8 Å². The number of carbonyl (C=O) groups is 1. The van der Waals surface area contributed by atoms with Crippen molar-refractivity contribution < 1.29 is 4.79 Å². The third-order valence-electron chi connectivity index (χ3n) is 3.05. The lowest BCUT2D eigenvalue weighted by Crippen LogP contribution is -2.28. The fraction of sp³-hybridized carbons (Fsp3) is 0.462. The Morgan fingerprint density at radius 3 is 2.60 bits per heavy atom. The van der Waals surface area contributed by atoms with Crippen LogP contribution in [0.15, 0.2) is 24.3 Å². The molecule has 1 aromatic rings. The number of ketones is 1. The Hall–Kier alpha value is -1.15. The lowest BCUT2D eigenvalue weighted by molar-refractivity contribution is 0.0893. The maximum absolute atomic E-state index is 12.2. The van der Waals surface area contributed by atoms with E-state index in [0.29, 0.717) is 5.78 Å². The lowest BCUT2D eigenvalue weighted by Gasteiger charge is -2.20. The number of piperidine rings is 1. The van der Waals surface area contributed by atoms with Crippen molar-refractivity contribution in [1.29, 1.82) is 0 Å². The number of aryl methyl sites for hydroxylation is 1. The normalized spacial score (nSPS) is 17.7. The maximum Gasteiger partial charge on any atom is 0.166 e. The minimum absolute atomic E-state index is 0.198. The van der Waals surface area contributed by atoms with Gasteiger partial charge in [0.05, 0.1) is 0 Å². The van der Waals surface area contributed by atoms with E-state index in [1.165, 1.54) is 0 Å². The van der Waals surface area contributed by atoms with E-state index >= 15 is 0 Å². The van der Waals surface area contributed by atoms with E-state index in [2.05, 4.69) is 5.32 Å². The number of Topliss-reactive ketones (excluding diaryl/α,β-unsaturated/α-hetero) is 1. The second-order valence-electron chi connectivity index (χ2n) is 4.12. The van der Waals surface area contributed by atoms with Crippen LogP contribution in [-0.4, -0.2) is 18.9 Å². The molecule has 0 N–H and O–H groups in total. The van der Waals surface area contributed by atoms with Crippen molar-refractivity contribution in [3.63, 3.8) is 0 Å². The molecular weight excluding hydrogens is 186 g/mol. The summed E-state index contributed by atoms with van der Waals surface area (Å²) in [4.78, 5) is 12.2. The quantitative estimate of drug-likeness (QED) is 0.676. The highest BCUT2D eigenvalue weighted by atomic mass is 16.1. The molecule has 79 valence electrons. The van der Waals surface area contributed by atoms with Crippen molar-refractivity contribution in [2.75, 3.05) is 13.1 Å². The third kappa shape index (κ3) is 2.26. The molecule has 1 aliphatic rings. The Bertz CT molecular complexity index is 353. The zero-order chi connectivity index (χ0) is 10.7. The van der Waals surface area contributed by atoms with Crippen molar-refractivity contribution in [2.24, 2.45) is 5.92 Å². The highest BCUT2D eigenvalue weighted by molar-refractivity contribution is 5.99. The summed E-state index contributed by atoms with van der Waals surface area (Å²) < 4.78 is 0. The summed E-state index contributed by atoms with van der Waals surface area (Å²) in [5, 5.41) is 4.27. The van der Waals surface area contributed by atoms with Crippen LogP contribution in [0.3, 0.4) is 0 Å². The number of hydrogen-bond donors (Lipinski definition) is 0. The van der Waals surface area contributed by atoms with Gasteiger partial charge in [0.2, 0.25) is 0 Å². The topological polar surface area (TPSA) is 31.2 Å². The molecule has 1 fully saturated rings. The minimum atomic E-state index is 0.198. The summed E-state index contributed by atoms with van der Waals surface area (Å²) in [7, 11) is 0. The summed E-state index contributed by atoms with van der Waals surface area (Å²) in [5.41, 5.74) is 1.98. The SMILES string of the molecule is Cc1ccccc1C(=O)C1CC[N]CC1. The number of benzene rings is 1. The van der Waals surface area contributed by atoms with Gasteiger partial charge in [0.15, 0.2) is 5.78 Å². The van der Waals surface area contributed by atoms with Crippen LogP contribution in [0.5, 0.6) is 0 Å². The van der Waals surface area contributed by atoms with Crippen molar-refractivity contribution in [1.82, 2.24) is 5.32 Å². The van der Waals surface area contributed by atoms with Crippen LogP contribution in [0.4, 0.5) is 0 Å². The first kappa shape index (κ1) is 10.4. The van der Waals surface area contributed by atoms with Crippen LogP contribution in [0.2, 0.25) is 0 Å². The van der Waals surface area contributed by atoms with Gasteiger partial charge in [-0.05, 0) is 25.3 Å². The molecule has 0 saturated carbocycles. The van der Waals surface area contributed by atoms with Crippen LogP contribution < -0.4 is 5.32 Å². The first-order chi connectivity index (χ1) is 7.29. The summed E-state index contributed by atoms with van der Waals surface area (Å²) in [6, 6.07) is 7.85. The third-order valence-corrected chi connectivity index (χ3v) is 3.05. The van der Waals surface area contributed by atoms with Gasteiger partial charge in [-0.1, -0.05) is 24.3 Å². The Morgan fingerprint density at radius 2 is 1.93 bits per heavy atom. The van der Waals surface area contributed by atoms with Gasteiger partial charge >= 0.3 is 0 Å². The van der Waals surface area contributed by atoms with E-state index in [-0.39, 0.29) is 5.92 Å². The molecule has 0 bridgehead atoms. The molecule has 15 heavy (non-hydrogen) atoms. The van der Waals surface area contributed by atoms with Crippen LogP contribution in [0, 0.1) is 12.8 Å². The van der Waals surface area contributed by atoms with Gasteiger partial charge in [-0.2, -0.15) is 0 Å². The van der Waals surface area contributed by atoms with Gasteiger partial charge < -0.3 is 0 Å². The van der Waals surface area contributed by atoms with Crippen molar-refractivity contribution >= 4 is 5.78 Å². The van der Waals surface area contributed by atoms with Crippen molar-refractivity contribution in [3.05, 3.63) is 35.4 Å². The Kier molecular flexibility index (Phi) is 3.17. The van der Waals surface area contributed by atoms with E-state index in [4.69, 9.17) is 0 Å². The summed E-state index contributed by atoms with van der Waals surface area (Å²) in [6.07, 6.45) is 1.85. The van der Waals surface area contributed by atoms with Gasteiger partial charge in [0.1, 0.15) is 0 Å². The Balaban J connectivity index is 2.16. The fourth-order valence-corrected chi connectivity index (χ4v) is 2.08. The minimum Gasteiger partial charge on any atom is -0.294 e. The van der Waals surface area contributed by atoms with Gasteiger partial charge in [0.25, 0.3) is 0 Å². The molecule has 1 heterocycles. The van der Waals surface area contributed by atoms with E-state index in [0.717, 1.165) is 37.1 Å². The Labute approximate surface area is 90.7 Å². The lowest BCUT2D eigenvalue weighted by atomic mass is 9.88. The van der Waals surface area contributed by atoms with E-state index in [1.807, 2.05) is 31.2 Å². The molecule has 2 heteroatoms. The van der Waals surface area contributed by atoms with Crippen LogP contribution in [0.25, 0.3) is 0 Å². The molecule has 2 nitrogen and oxygen atoms in total. The molecule has 2 rings (SSSR count). The molecule has 0 spiro atoms. The Morgan fingerprint density at radius 1 is 1.27 bits per heavy atom. The average molecular weight is 202 g/mol. The molecule has 0 aliphatic carbocycles. The predicted molar refractivity (Wildman–Crippen MR) is 60.1 cm³/mol. The second kappa shape index (κ2) is 4.58. The van der Waals surface area contributed by atoms with Gasteiger partial charge in [-0.15, -0.1) is 0 Å². The van der Waals surface area contributed by atoms with E-state index < -0.39 is 0 Å². The van der Waals surface area contributed by atoms with E-state index in [1.54, 1.807) is 0 Å². The first-order valence-electron chi connectivity index (χ1n) is 5.52. The molecule has 0 unspecified atom stereocenters. The molecule has 0 atom stereocenters. The van der Waals surface area contributed by atoms with Gasteiger partial charge in [0, 0.05) is 24.6 Å². The van der Waals surface area contributed by atoms with Crippen molar-refractivity contribution in [3.8, 4) is 0 Å². The molecule has 1 saturated heterocycles. The summed E-state index contributed by atoms with van der Waals surface area (Å²) in [6.45, 7) is 3.70. The number of nitrogens with zero attached hydrogens (tertiary/aromatic N) is 1. The molecule has 1 aliphatic heterocycles. The first-order valence-corrected chi connectivity index (χ1v) is 5.52. The number of carbonyl (C=O) groups excluding carboxylic acids is 1. The van der Waals surface area contributed by atoms with Gasteiger partial charge in [-0.3, -0.25) is 4.79 Å². The molecular formula is C13H16NO. The standard InChI is InChI=1S/C13H16NO/c1-10-4-2-3-5-12(10)13(15)11-6-8-14-9-7-11/h2-5,11H,6-9H2,1H3. The zero-order valence-corrected chi connectivity index (χ0v) is 9.07. The monoisotopic (exact) mass is 202 g/mol. The van der Waals surface area contributed by atoms with E-state index in [9.17, 15) is 4.79 Å². The van der Waals surface area contributed by atoms with Gasteiger partial charge in [-0.25, -0.2) is 5.32 Å². The predicted octanol–water partition coefficient (Wildman–Crippen LogP) is 2.19. The van der Waals surface area contributed by atoms with Crippen LogP contribution in [-0.2, 0) is 0 Å². The molecule has 0 amide bonds. The summed E-state index contributed by atoms with van der Waals surface area (Å²) >= 11 is 0. The number of hydrogen-bond acceptors (Lipinski definition) is 1. The number of rotatable bonds is 2. The van der Waals surface area contributed by atoms with Crippen LogP contribution in [0.1, 0.15) is 28.8 Å². The highest BCUT2D eigenvalue weighted by Gasteiger charge is 2.23. The fourth-order valence-electron chi connectivity index (χ4n) is 2.08. The molecule has 1 radical (unpaired) electrons. The largest absolute Gasteiger partial charge is 0.294 e. The maximum atomic E-state index is 12.2. The average Bonchev–Trinajstić information content (AvgIpc) is 2.30. The smallest absolute Gasteiger partial charge is 0.166 e. The second-order valence-corrected chi connectivity index (χ2v) is 4.12. The molecule has 1 aromatic carbocycles.